The van der Waals surface area contributed by atoms with Crippen LogP contribution in [0, 0.1) is 0 Å². The first kappa shape index (κ1) is 24.4. The number of ether oxygens (including phenoxy) is 3. The van der Waals surface area contributed by atoms with Crippen LogP contribution in [0.2, 0.25) is 0 Å². The molecule has 8 heteroatoms. The van der Waals surface area contributed by atoms with Gasteiger partial charge < -0.3 is 14.2 Å². The molecule has 0 unspecified atom stereocenters. The predicted molar refractivity (Wildman–Crippen MR) is 132 cm³/mol. The summed E-state index contributed by atoms with van der Waals surface area (Å²) in [6, 6.07) is 14.7. The van der Waals surface area contributed by atoms with Crippen LogP contribution in [0.4, 0.5) is 5.69 Å². The predicted octanol–water partition coefficient (Wildman–Crippen LogP) is 4.91. The Balaban J connectivity index is 1.87. The molecule has 1 heterocycles. The van der Waals surface area contributed by atoms with Gasteiger partial charge in [0.1, 0.15) is 17.2 Å². The molecular formula is C25H28N2O5S. The van der Waals surface area contributed by atoms with Crippen molar-refractivity contribution in [2.24, 2.45) is 4.99 Å². The molecule has 0 spiro atoms. The van der Waals surface area contributed by atoms with E-state index in [4.69, 9.17) is 14.2 Å². The summed E-state index contributed by atoms with van der Waals surface area (Å²) in [5.74, 6) is 0.901. The molecule has 0 radical (unpaired) electrons. The molecule has 0 bridgehead atoms. The standard InChI is InChI=1S/C25H28N2O5S/c1-5-30-20-13-9-19(10-14-20)27-24(29)22(26-25(27)33-16-23(28)31-6-2)15-18-7-11-21(12-8-18)32-17(3)4/h7-15,17H,5-6,16H2,1-4H3/b22-15+. The summed E-state index contributed by atoms with van der Waals surface area (Å²) in [7, 11) is 0. The summed E-state index contributed by atoms with van der Waals surface area (Å²) in [4.78, 5) is 31.2. The minimum absolute atomic E-state index is 0.0575. The van der Waals surface area contributed by atoms with E-state index in [1.165, 1.54) is 16.7 Å². The molecule has 0 fully saturated rings. The fourth-order valence-electron chi connectivity index (χ4n) is 3.08. The molecule has 2 aromatic carbocycles. The Morgan fingerprint density at radius 2 is 1.70 bits per heavy atom. The average molecular weight is 469 g/mol. The second kappa shape index (κ2) is 11.6. The van der Waals surface area contributed by atoms with E-state index in [-0.39, 0.29) is 29.4 Å². The molecule has 0 saturated carbocycles. The Labute approximate surface area is 198 Å². The van der Waals surface area contributed by atoms with E-state index in [1.807, 2.05) is 45.0 Å². The molecule has 3 rings (SSSR count). The van der Waals surface area contributed by atoms with Crippen molar-refractivity contribution in [3.05, 3.63) is 59.8 Å². The topological polar surface area (TPSA) is 77.4 Å². The van der Waals surface area contributed by atoms with Crippen LogP contribution in [0.25, 0.3) is 6.08 Å². The first-order valence-electron chi connectivity index (χ1n) is 10.8. The lowest BCUT2D eigenvalue weighted by molar-refractivity contribution is -0.139. The third kappa shape index (κ3) is 6.61. The highest BCUT2D eigenvalue weighted by Crippen LogP contribution is 2.31. The molecule has 1 aliphatic heterocycles. The van der Waals surface area contributed by atoms with Crippen LogP contribution >= 0.6 is 11.8 Å². The highest BCUT2D eigenvalue weighted by molar-refractivity contribution is 8.14. The van der Waals surface area contributed by atoms with Crippen molar-refractivity contribution in [1.82, 2.24) is 0 Å². The summed E-state index contributed by atoms with van der Waals surface area (Å²) in [6.45, 7) is 8.45. The van der Waals surface area contributed by atoms with E-state index in [1.54, 1.807) is 37.3 Å². The normalized spacial score (nSPS) is 14.6. The van der Waals surface area contributed by atoms with Crippen molar-refractivity contribution in [2.75, 3.05) is 23.9 Å². The molecule has 0 aromatic heterocycles. The molecule has 174 valence electrons. The van der Waals surface area contributed by atoms with Gasteiger partial charge in [0.05, 0.1) is 30.8 Å². The lowest BCUT2D eigenvalue weighted by Crippen LogP contribution is -2.30. The molecule has 0 aliphatic carbocycles. The summed E-state index contributed by atoms with van der Waals surface area (Å²) in [6.07, 6.45) is 1.80. The minimum atomic E-state index is -0.359. The number of aliphatic imine (C=N–C) groups is 1. The summed E-state index contributed by atoms with van der Waals surface area (Å²) >= 11 is 1.17. The van der Waals surface area contributed by atoms with Crippen molar-refractivity contribution in [2.45, 2.75) is 33.8 Å². The minimum Gasteiger partial charge on any atom is -0.494 e. The average Bonchev–Trinajstić information content (AvgIpc) is 3.09. The van der Waals surface area contributed by atoms with E-state index < -0.39 is 0 Å². The molecule has 0 atom stereocenters. The van der Waals surface area contributed by atoms with Gasteiger partial charge in [-0.3, -0.25) is 14.5 Å². The zero-order valence-corrected chi connectivity index (χ0v) is 20.1. The highest BCUT2D eigenvalue weighted by Gasteiger charge is 2.32. The van der Waals surface area contributed by atoms with Crippen molar-refractivity contribution in [1.29, 1.82) is 0 Å². The maximum atomic E-state index is 13.3. The molecular weight excluding hydrogens is 440 g/mol. The van der Waals surface area contributed by atoms with E-state index in [9.17, 15) is 9.59 Å². The lowest BCUT2D eigenvalue weighted by atomic mass is 10.2. The zero-order chi connectivity index (χ0) is 23.8. The third-order valence-corrected chi connectivity index (χ3v) is 5.33. The van der Waals surface area contributed by atoms with Gasteiger partial charge in [0.2, 0.25) is 0 Å². The smallest absolute Gasteiger partial charge is 0.316 e. The van der Waals surface area contributed by atoms with E-state index in [0.29, 0.717) is 29.8 Å². The van der Waals surface area contributed by atoms with Gasteiger partial charge in [0, 0.05) is 0 Å². The van der Waals surface area contributed by atoms with Gasteiger partial charge in [-0.2, -0.15) is 0 Å². The largest absolute Gasteiger partial charge is 0.494 e. The van der Waals surface area contributed by atoms with E-state index >= 15 is 0 Å². The number of anilines is 1. The molecule has 1 aliphatic rings. The Bertz CT molecular complexity index is 1030. The molecule has 2 aromatic rings. The summed E-state index contributed by atoms with van der Waals surface area (Å²) < 4.78 is 16.2. The fourth-order valence-corrected chi connectivity index (χ4v) is 3.89. The second-order valence-electron chi connectivity index (χ2n) is 7.32. The first-order chi connectivity index (χ1) is 15.9. The van der Waals surface area contributed by atoms with Gasteiger partial charge in [-0.25, -0.2) is 4.99 Å². The van der Waals surface area contributed by atoms with Crippen molar-refractivity contribution < 1.29 is 23.8 Å². The van der Waals surface area contributed by atoms with Crippen LogP contribution in [-0.2, 0) is 14.3 Å². The SMILES string of the molecule is CCOC(=O)CSC1=N/C(=C/c2ccc(OC(C)C)cc2)C(=O)N1c1ccc(OCC)cc1. The number of thioether (sulfide) groups is 1. The lowest BCUT2D eigenvalue weighted by Gasteiger charge is -2.18. The van der Waals surface area contributed by atoms with Gasteiger partial charge in [-0.1, -0.05) is 23.9 Å². The maximum absolute atomic E-state index is 13.3. The van der Waals surface area contributed by atoms with Crippen molar-refractivity contribution in [3.8, 4) is 11.5 Å². The quantitative estimate of drug-likeness (QED) is 0.384. The molecule has 0 N–H and O–H groups in total. The van der Waals surface area contributed by atoms with Gasteiger partial charge in [-0.05, 0) is 75.7 Å². The maximum Gasteiger partial charge on any atom is 0.316 e. The number of amidine groups is 1. The van der Waals surface area contributed by atoms with Crippen LogP contribution in [-0.4, -0.2) is 42.1 Å². The third-order valence-electron chi connectivity index (χ3n) is 4.42. The van der Waals surface area contributed by atoms with Crippen LogP contribution in [0.5, 0.6) is 11.5 Å². The molecule has 7 nitrogen and oxygen atoms in total. The van der Waals surface area contributed by atoms with Gasteiger partial charge in [-0.15, -0.1) is 0 Å². The fraction of sp³-hybridized carbons (Fsp3) is 0.320. The second-order valence-corrected chi connectivity index (χ2v) is 8.26. The number of amides is 1. The number of hydrogen-bond donors (Lipinski definition) is 0. The van der Waals surface area contributed by atoms with E-state index in [2.05, 4.69) is 4.99 Å². The number of carbonyl (C=O) groups is 2. The Kier molecular flexibility index (Phi) is 8.54. The van der Waals surface area contributed by atoms with Crippen molar-refractivity contribution in [3.63, 3.8) is 0 Å². The number of esters is 1. The highest BCUT2D eigenvalue weighted by atomic mass is 32.2. The van der Waals surface area contributed by atoms with Crippen LogP contribution in [0.3, 0.4) is 0 Å². The van der Waals surface area contributed by atoms with Crippen LogP contribution in [0.15, 0.2) is 59.2 Å². The van der Waals surface area contributed by atoms with Gasteiger partial charge in [0.15, 0.2) is 5.17 Å². The van der Waals surface area contributed by atoms with Gasteiger partial charge in [0.25, 0.3) is 5.91 Å². The number of rotatable bonds is 9. The Morgan fingerprint density at radius 1 is 1.03 bits per heavy atom. The Hall–Kier alpha value is -3.26. The molecule has 0 saturated heterocycles. The van der Waals surface area contributed by atoms with E-state index in [0.717, 1.165) is 11.3 Å². The van der Waals surface area contributed by atoms with Crippen molar-refractivity contribution >= 4 is 40.6 Å². The summed E-state index contributed by atoms with van der Waals surface area (Å²) in [5, 5.41) is 0.420. The van der Waals surface area contributed by atoms with Gasteiger partial charge >= 0.3 is 5.97 Å². The number of nitrogens with zero attached hydrogens (tertiary/aromatic N) is 2. The first-order valence-corrected chi connectivity index (χ1v) is 11.8. The number of carbonyl (C=O) groups excluding carboxylic acids is 2. The monoisotopic (exact) mass is 468 g/mol. The molecule has 1 amide bonds. The summed E-state index contributed by atoms with van der Waals surface area (Å²) in [5.41, 5.74) is 1.75. The number of benzene rings is 2. The Morgan fingerprint density at radius 3 is 2.30 bits per heavy atom. The molecule has 33 heavy (non-hydrogen) atoms. The van der Waals surface area contributed by atoms with Crippen LogP contribution < -0.4 is 14.4 Å². The van der Waals surface area contributed by atoms with Crippen LogP contribution in [0.1, 0.15) is 33.3 Å². The number of hydrogen-bond acceptors (Lipinski definition) is 7. The zero-order valence-electron chi connectivity index (χ0n) is 19.2.